The Morgan fingerprint density at radius 3 is 2.38 bits per heavy atom. The molecule has 0 fully saturated rings. The van der Waals surface area contributed by atoms with Gasteiger partial charge in [-0.1, -0.05) is 53.5 Å². The molecule has 0 unspecified atom stereocenters. The van der Waals surface area contributed by atoms with Gasteiger partial charge in [-0.2, -0.15) is 5.10 Å². The summed E-state index contributed by atoms with van der Waals surface area (Å²) < 4.78 is 8.43. The molecule has 4 rings (SSSR count). The van der Waals surface area contributed by atoms with Gasteiger partial charge in [0.2, 0.25) is 4.80 Å². The van der Waals surface area contributed by atoms with Crippen LogP contribution in [0, 0.1) is 11.8 Å². The van der Waals surface area contributed by atoms with Crippen LogP contribution in [-0.2, 0) is 7.05 Å². The number of methoxy groups -OCH3 is 1. The molecular formula is C24H19N3OS. The van der Waals surface area contributed by atoms with Gasteiger partial charge in [-0.05, 0) is 48.0 Å². The Kier molecular flexibility index (Phi) is 5.55. The van der Waals surface area contributed by atoms with Crippen molar-refractivity contribution in [1.82, 2.24) is 4.57 Å². The summed E-state index contributed by atoms with van der Waals surface area (Å²) >= 11 is 1.58. The van der Waals surface area contributed by atoms with Crippen molar-refractivity contribution in [3.63, 3.8) is 0 Å². The van der Waals surface area contributed by atoms with E-state index in [2.05, 4.69) is 22.0 Å². The van der Waals surface area contributed by atoms with Crippen LogP contribution in [0.15, 0.2) is 83.0 Å². The molecule has 1 heterocycles. The van der Waals surface area contributed by atoms with Crippen molar-refractivity contribution in [3.05, 3.63) is 94.3 Å². The van der Waals surface area contributed by atoms with Gasteiger partial charge in [-0.3, -0.25) is 0 Å². The summed E-state index contributed by atoms with van der Waals surface area (Å²) in [6.45, 7) is 0. The molecule has 0 N–H and O–H groups in total. The van der Waals surface area contributed by atoms with Crippen LogP contribution in [0.5, 0.6) is 5.75 Å². The number of hydrogen-bond donors (Lipinski definition) is 0. The second kappa shape index (κ2) is 8.59. The van der Waals surface area contributed by atoms with Crippen LogP contribution in [0.1, 0.15) is 16.7 Å². The fourth-order valence-electron chi connectivity index (χ4n) is 2.80. The molecule has 0 aliphatic rings. The van der Waals surface area contributed by atoms with E-state index in [4.69, 9.17) is 4.74 Å². The first-order chi connectivity index (χ1) is 14.2. The summed E-state index contributed by atoms with van der Waals surface area (Å²) in [5, 5.41) is 8.63. The lowest BCUT2D eigenvalue weighted by atomic mass is 10.1. The summed E-state index contributed by atoms with van der Waals surface area (Å²) in [6, 6.07) is 23.9. The van der Waals surface area contributed by atoms with Crippen LogP contribution in [0.3, 0.4) is 0 Å². The maximum Gasteiger partial charge on any atom is 0.211 e. The highest BCUT2D eigenvalue weighted by atomic mass is 32.1. The van der Waals surface area contributed by atoms with Crippen molar-refractivity contribution in [1.29, 1.82) is 0 Å². The summed E-state index contributed by atoms with van der Waals surface area (Å²) in [7, 11) is 3.66. The standard InChI is InChI=1S/C24H19N3OS/c1-27-22-15-14-21(28-2)16-23(22)29-24(27)26-25-17-20-12-10-19(11-13-20)9-8-18-6-4-3-5-7-18/h3-7,10-17H,1-2H3/b25-17-,26-24+. The second-order valence-corrected chi connectivity index (χ2v) is 7.37. The lowest BCUT2D eigenvalue weighted by Crippen LogP contribution is -2.08. The molecule has 142 valence electrons. The molecule has 0 bridgehead atoms. The number of rotatable bonds is 3. The fourth-order valence-corrected chi connectivity index (χ4v) is 3.81. The fraction of sp³-hybridized carbons (Fsp3) is 0.0833. The summed E-state index contributed by atoms with van der Waals surface area (Å²) in [5.74, 6) is 7.17. The van der Waals surface area contributed by atoms with E-state index in [-0.39, 0.29) is 0 Å². The maximum atomic E-state index is 5.29. The van der Waals surface area contributed by atoms with Gasteiger partial charge in [0, 0.05) is 18.2 Å². The van der Waals surface area contributed by atoms with E-state index < -0.39 is 0 Å². The molecule has 0 atom stereocenters. The highest BCUT2D eigenvalue weighted by Crippen LogP contribution is 2.22. The number of aromatic nitrogens is 1. The van der Waals surface area contributed by atoms with Gasteiger partial charge in [0.15, 0.2) is 0 Å². The van der Waals surface area contributed by atoms with Gasteiger partial charge in [0.1, 0.15) is 5.75 Å². The van der Waals surface area contributed by atoms with Crippen LogP contribution < -0.4 is 9.54 Å². The summed E-state index contributed by atoms with van der Waals surface area (Å²) in [5.41, 5.74) is 4.05. The zero-order chi connectivity index (χ0) is 20.1. The third-order valence-corrected chi connectivity index (χ3v) is 5.49. The average molecular weight is 398 g/mol. The smallest absolute Gasteiger partial charge is 0.211 e. The topological polar surface area (TPSA) is 38.9 Å². The quantitative estimate of drug-likeness (QED) is 0.283. The molecule has 0 spiro atoms. The summed E-state index contributed by atoms with van der Waals surface area (Å²) in [4.78, 5) is 0.829. The molecule has 4 nitrogen and oxygen atoms in total. The van der Waals surface area contributed by atoms with Gasteiger partial charge in [-0.25, -0.2) is 0 Å². The number of fused-ring (bicyclic) bond motifs is 1. The first kappa shape index (κ1) is 18.7. The molecule has 0 aliphatic heterocycles. The number of thiazole rings is 1. The van der Waals surface area contributed by atoms with Crippen LogP contribution >= 0.6 is 11.3 Å². The van der Waals surface area contributed by atoms with Crippen LogP contribution in [-0.4, -0.2) is 17.9 Å². The molecule has 0 aliphatic carbocycles. The molecule has 0 saturated carbocycles. The van der Waals surface area contributed by atoms with E-state index in [1.54, 1.807) is 24.7 Å². The zero-order valence-corrected chi connectivity index (χ0v) is 17.0. The second-order valence-electron chi connectivity index (χ2n) is 6.36. The normalized spacial score (nSPS) is 11.6. The van der Waals surface area contributed by atoms with Gasteiger partial charge in [0.05, 0.1) is 23.5 Å². The molecule has 0 saturated heterocycles. The minimum atomic E-state index is 0.829. The highest BCUT2D eigenvalue weighted by molar-refractivity contribution is 7.16. The Morgan fingerprint density at radius 2 is 1.66 bits per heavy atom. The van der Waals surface area contributed by atoms with E-state index in [9.17, 15) is 0 Å². The molecule has 3 aromatic carbocycles. The Hall–Kier alpha value is -3.62. The molecular weight excluding hydrogens is 378 g/mol. The van der Waals surface area contributed by atoms with E-state index in [0.29, 0.717) is 0 Å². The Morgan fingerprint density at radius 1 is 0.931 bits per heavy atom. The zero-order valence-electron chi connectivity index (χ0n) is 16.2. The van der Waals surface area contributed by atoms with Gasteiger partial charge in [-0.15, -0.1) is 5.10 Å². The molecule has 1 aromatic heterocycles. The van der Waals surface area contributed by atoms with Crippen LogP contribution in [0.2, 0.25) is 0 Å². The molecule has 0 radical (unpaired) electrons. The maximum absolute atomic E-state index is 5.29. The van der Waals surface area contributed by atoms with Crippen molar-refractivity contribution < 1.29 is 4.74 Å². The first-order valence-corrected chi connectivity index (χ1v) is 9.92. The average Bonchev–Trinajstić information content (AvgIpc) is 3.08. The Labute approximate surface area is 173 Å². The van der Waals surface area contributed by atoms with Crippen molar-refractivity contribution in [2.75, 3.05) is 7.11 Å². The number of aryl methyl sites for hydroxylation is 1. The van der Waals surface area contributed by atoms with Crippen molar-refractivity contribution in [2.24, 2.45) is 17.3 Å². The minimum absolute atomic E-state index is 0.829. The van der Waals surface area contributed by atoms with E-state index in [1.807, 2.05) is 84.4 Å². The number of benzene rings is 3. The van der Waals surface area contributed by atoms with Gasteiger partial charge in [0.25, 0.3) is 0 Å². The lowest BCUT2D eigenvalue weighted by Gasteiger charge is -1.99. The van der Waals surface area contributed by atoms with Gasteiger partial charge >= 0.3 is 0 Å². The SMILES string of the molecule is COc1ccc2c(c1)s/c(=N/N=C\c1ccc(C#Cc3ccccc3)cc1)n2C. The highest BCUT2D eigenvalue weighted by Gasteiger charge is 2.03. The van der Waals surface area contributed by atoms with E-state index in [0.717, 1.165) is 37.5 Å². The third kappa shape index (κ3) is 4.45. The molecule has 5 heteroatoms. The number of hydrogen-bond acceptors (Lipinski definition) is 4. The van der Waals surface area contributed by atoms with Gasteiger partial charge < -0.3 is 9.30 Å². The van der Waals surface area contributed by atoms with E-state index >= 15 is 0 Å². The Bertz CT molecular complexity index is 1290. The molecule has 0 amide bonds. The van der Waals surface area contributed by atoms with Crippen molar-refractivity contribution >= 4 is 27.8 Å². The predicted molar refractivity (Wildman–Crippen MR) is 119 cm³/mol. The largest absolute Gasteiger partial charge is 0.497 e. The van der Waals surface area contributed by atoms with Crippen molar-refractivity contribution in [2.45, 2.75) is 0 Å². The number of nitrogens with zero attached hydrogens (tertiary/aromatic N) is 3. The molecule has 29 heavy (non-hydrogen) atoms. The Balaban J connectivity index is 1.52. The van der Waals surface area contributed by atoms with E-state index in [1.165, 1.54) is 0 Å². The summed E-state index contributed by atoms with van der Waals surface area (Å²) in [6.07, 6.45) is 1.75. The lowest BCUT2D eigenvalue weighted by molar-refractivity contribution is 0.415. The third-order valence-electron chi connectivity index (χ3n) is 4.40. The minimum Gasteiger partial charge on any atom is -0.497 e. The number of ether oxygens (including phenoxy) is 1. The van der Waals surface area contributed by atoms with Crippen LogP contribution in [0.4, 0.5) is 0 Å². The molecule has 4 aromatic rings. The first-order valence-electron chi connectivity index (χ1n) is 9.11. The predicted octanol–water partition coefficient (Wildman–Crippen LogP) is 4.58. The van der Waals surface area contributed by atoms with Crippen LogP contribution in [0.25, 0.3) is 10.2 Å². The monoisotopic (exact) mass is 397 g/mol. The van der Waals surface area contributed by atoms with Crippen molar-refractivity contribution in [3.8, 4) is 17.6 Å².